The van der Waals surface area contributed by atoms with Gasteiger partial charge in [0.15, 0.2) is 0 Å². The SMILES string of the molecule is C=c1cnn(CCC(F)(F)C(F)(F)F)/c1=C/C.CC. The van der Waals surface area contributed by atoms with Crippen LogP contribution in [0.15, 0.2) is 6.20 Å². The molecule has 2 nitrogen and oxygen atoms in total. The molecule has 0 bridgehead atoms. The van der Waals surface area contributed by atoms with E-state index in [1.165, 1.54) is 6.20 Å². The van der Waals surface area contributed by atoms with Gasteiger partial charge in [0.2, 0.25) is 0 Å². The topological polar surface area (TPSA) is 17.8 Å². The Balaban J connectivity index is 0.00000154. The predicted octanol–water partition coefficient (Wildman–Crippen LogP) is 2.71. The second kappa shape index (κ2) is 6.68. The van der Waals surface area contributed by atoms with Gasteiger partial charge >= 0.3 is 12.1 Å². The van der Waals surface area contributed by atoms with E-state index in [0.717, 1.165) is 4.68 Å². The molecule has 1 heterocycles. The molecule has 0 spiro atoms. The molecule has 19 heavy (non-hydrogen) atoms. The maximum Gasteiger partial charge on any atom is 0.453 e. The zero-order chi connectivity index (χ0) is 15.3. The van der Waals surface area contributed by atoms with Gasteiger partial charge in [-0.1, -0.05) is 26.5 Å². The molecule has 1 rings (SSSR count). The van der Waals surface area contributed by atoms with Crippen molar-refractivity contribution < 1.29 is 22.0 Å². The first-order chi connectivity index (χ1) is 8.69. The molecule has 0 saturated carbocycles. The smallest absolute Gasteiger partial charge is 0.265 e. The number of hydrogen-bond donors (Lipinski definition) is 0. The molecule has 0 aromatic carbocycles. The molecule has 1 aromatic rings. The summed E-state index contributed by atoms with van der Waals surface area (Å²) in [6.45, 7) is 8.70. The van der Waals surface area contributed by atoms with E-state index >= 15 is 0 Å². The standard InChI is InChI=1S/C10H11F5N2.C2H6/c1-3-8-7(2)6-16-17(8)5-4-9(11,12)10(13,14)15;1-2/h3,6H,2,4-5H2,1H3;1-2H3/b8-3+;. The van der Waals surface area contributed by atoms with Crippen molar-refractivity contribution in [2.24, 2.45) is 0 Å². The minimum absolute atomic E-state index is 0.447. The van der Waals surface area contributed by atoms with Crippen molar-refractivity contribution in [3.63, 3.8) is 0 Å². The third-order valence-corrected chi connectivity index (χ3v) is 2.29. The minimum atomic E-state index is -5.52. The molecule has 110 valence electrons. The molecule has 0 N–H and O–H groups in total. The molecule has 0 amide bonds. The molecule has 0 radical (unpaired) electrons. The fraction of sp³-hybridized carbons (Fsp3) is 0.583. The molecule has 0 aliphatic rings. The maximum absolute atomic E-state index is 12.7. The van der Waals surface area contributed by atoms with Crippen molar-refractivity contribution in [3.8, 4) is 0 Å². The van der Waals surface area contributed by atoms with Gasteiger partial charge in [-0.3, -0.25) is 4.68 Å². The second-order valence-electron chi connectivity index (χ2n) is 3.52. The van der Waals surface area contributed by atoms with E-state index < -0.39 is 25.1 Å². The number of aryl methyl sites for hydroxylation is 1. The molecular formula is C12H17F5N2. The predicted molar refractivity (Wildman–Crippen MR) is 64.1 cm³/mol. The Hall–Kier alpha value is -1.40. The van der Waals surface area contributed by atoms with Gasteiger partial charge < -0.3 is 0 Å². The summed E-state index contributed by atoms with van der Waals surface area (Å²) >= 11 is 0. The van der Waals surface area contributed by atoms with Crippen LogP contribution in [0, 0.1) is 0 Å². The highest BCUT2D eigenvalue weighted by Gasteiger charge is 2.56. The van der Waals surface area contributed by atoms with Gasteiger partial charge in [-0.05, 0) is 6.92 Å². The van der Waals surface area contributed by atoms with Crippen LogP contribution in [0.3, 0.4) is 0 Å². The van der Waals surface area contributed by atoms with E-state index in [2.05, 4.69) is 11.7 Å². The maximum atomic E-state index is 12.7. The van der Waals surface area contributed by atoms with Crippen LogP contribution in [0.2, 0.25) is 0 Å². The van der Waals surface area contributed by atoms with Gasteiger partial charge in [0, 0.05) is 18.2 Å². The number of halogens is 5. The fourth-order valence-corrected chi connectivity index (χ4v) is 1.33. The summed E-state index contributed by atoms with van der Waals surface area (Å²) in [4.78, 5) is 0. The van der Waals surface area contributed by atoms with E-state index in [9.17, 15) is 22.0 Å². The van der Waals surface area contributed by atoms with Gasteiger partial charge in [-0.15, -0.1) is 0 Å². The van der Waals surface area contributed by atoms with Gasteiger partial charge in [0.05, 0.1) is 11.5 Å². The van der Waals surface area contributed by atoms with Crippen molar-refractivity contribution >= 4 is 12.7 Å². The molecule has 7 heteroatoms. The van der Waals surface area contributed by atoms with E-state index in [0.29, 0.717) is 10.6 Å². The van der Waals surface area contributed by atoms with Crippen molar-refractivity contribution in [1.29, 1.82) is 0 Å². The van der Waals surface area contributed by atoms with Crippen LogP contribution in [0.1, 0.15) is 27.2 Å². The molecule has 0 aliphatic carbocycles. The molecule has 0 atom stereocenters. The number of rotatable bonds is 3. The summed E-state index contributed by atoms with van der Waals surface area (Å²) < 4.78 is 62.2. The molecule has 1 aromatic heterocycles. The molecule has 0 saturated heterocycles. The average Bonchev–Trinajstić information content (AvgIpc) is 2.68. The molecule has 0 aliphatic heterocycles. The fourth-order valence-electron chi connectivity index (χ4n) is 1.33. The van der Waals surface area contributed by atoms with Crippen LogP contribution in [-0.4, -0.2) is 21.9 Å². The number of hydrogen-bond acceptors (Lipinski definition) is 1. The van der Waals surface area contributed by atoms with E-state index in [1.807, 2.05) is 13.8 Å². The summed E-state index contributed by atoms with van der Waals surface area (Å²) in [5, 5.41) is 4.63. The van der Waals surface area contributed by atoms with Crippen molar-refractivity contribution in [1.82, 2.24) is 9.78 Å². The quantitative estimate of drug-likeness (QED) is 0.780. The van der Waals surface area contributed by atoms with Gasteiger partial charge in [-0.2, -0.15) is 27.1 Å². The normalized spacial score (nSPS) is 13.2. The van der Waals surface area contributed by atoms with Gasteiger partial charge in [0.1, 0.15) is 0 Å². The van der Waals surface area contributed by atoms with Crippen LogP contribution in [0.25, 0.3) is 12.7 Å². The largest absolute Gasteiger partial charge is 0.453 e. The third-order valence-electron chi connectivity index (χ3n) is 2.29. The highest BCUT2D eigenvalue weighted by Crippen LogP contribution is 2.38. The van der Waals surface area contributed by atoms with E-state index in [4.69, 9.17) is 0 Å². The van der Waals surface area contributed by atoms with Crippen LogP contribution >= 0.6 is 0 Å². The number of aromatic nitrogens is 2. The number of alkyl halides is 5. The van der Waals surface area contributed by atoms with E-state index in [-0.39, 0.29) is 0 Å². The van der Waals surface area contributed by atoms with Gasteiger partial charge in [-0.25, -0.2) is 0 Å². The second-order valence-corrected chi connectivity index (χ2v) is 3.52. The lowest BCUT2D eigenvalue weighted by Crippen LogP contribution is -2.39. The highest BCUT2D eigenvalue weighted by molar-refractivity contribution is 5.17. The zero-order valence-electron chi connectivity index (χ0n) is 11.1. The van der Waals surface area contributed by atoms with Crippen molar-refractivity contribution in [3.05, 3.63) is 16.8 Å². The Morgan fingerprint density at radius 3 is 2.21 bits per heavy atom. The van der Waals surface area contributed by atoms with Crippen molar-refractivity contribution in [2.75, 3.05) is 0 Å². The molecule has 0 fully saturated rings. The summed E-state index contributed by atoms with van der Waals surface area (Å²) in [5.74, 6) is -4.70. The van der Waals surface area contributed by atoms with Crippen LogP contribution in [-0.2, 0) is 6.54 Å². The zero-order valence-corrected chi connectivity index (χ0v) is 11.1. The van der Waals surface area contributed by atoms with Crippen LogP contribution < -0.4 is 10.6 Å². The van der Waals surface area contributed by atoms with Crippen LogP contribution in [0.4, 0.5) is 22.0 Å². The average molecular weight is 284 g/mol. The van der Waals surface area contributed by atoms with Gasteiger partial charge in [0.25, 0.3) is 0 Å². The highest BCUT2D eigenvalue weighted by atomic mass is 19.4. The minimum Gasteiger partial charge on any atom is -0.265 e. The lowest BCUT2D eigenvalue weighted by Gasteiger charge is -2.19. The number of nitrogens with zero attached hydrogens (tertiary/aromatic N) is 2. The Morgan fingerprint density at radius 2 is 1.79 bits per heavy atom. The summed E-state index contributed by atoms with van der Waals surface area (Å²) in [5.41, 5.74) is 0. The Kier molecular flexibility index (Phi) is 6.18. The lowest BCUT2D eigenvalue weighted by molar-refractivity contribution is -0.285. The summed E-state index contributed by atoms with van der Waals surface area (Å²) in [6.07, 6.45) is -3.98. The Labute approximate surface area is 108 Å². The third kappa shape index (κ3) is 4.33. The molecule has 0 unspecified atom stereocenters. The summed E-state index contributed by atoms with van der Waals surface area (Å²) in [6, 6.07) is 0. The Morgan fingerprint density at radius 1 is 1.26 bits per heavy atom. The monoisotopic (exact) mass is 284 g/mol. The van der Waals surface area contributed by atoms with Crippen molar-refractivity contribution in [2.45, 2.75) is 45.8 Å². The Bertz CT molecular complexity index is 487. The molecular weight excluding hydrogens is 267 g/mol. The first kappa shape index (κ1) is 17.6. The first-order valence-electron chi connectivity index (χ1n) is 5.80. The van der Waals surface area contributed by atoms with E-state index in [1.54, 1.807) is 13.0 Å². The van der Waals surface area contributed by atoms with Crippen LogP contribution in [0.5, 0.6) is 0 Å². The summed E-state index contributed by atoms with van der Waals surface area (Å²) in [7, 11) is 0. The lowest BCUT2D eigenvalue weighted by atomic mass is 10.2. The first-order valence-corrected chi connectivity index (χ1v) is 5.80.